The minimum atomic E-state index is -3.61. The maximum Gasteiger partial charge on any atom is 0.243 e. The molecule has 1 fully saturated rings. The van der Waals surface area contributed by atoms with E-state index in [1.54, 1.807) is 6.07 Å². The molecule has 1 aliphatic rings. The highest BCUT2D eigenvalue weighted by Gasteiger charge is 2.32. The van der Waals surface area contributed by atoms with Gasteiger partial charge in [-0.15, -0.1) is 11.3 Å². The van der Waals surface area contributed by atoms with Gasteiger partial charge >= 0.3 is 0 Å². The number of amides is 1. The summed E-state index contributed by atoms with van der Waals surface area (Å²) in [6.45, 7) is 1.02. The summed E-state index contributed by atoms with van der Waals surface area (Å²) < 4.78 is 27.5. The predicted molar refractivity (Wildman–Crippen MR) is 104 cm³/mol. The Labute approximate surface area is 167 Å². The molecule has 0 atom stereocenters. The summed E-state index contributed by atoms with van der Waals surface area (Å²) in [5.41, 5.74) is 0.413. The number of carbonyl (C=O) groups excluding carboxylic acids is 1. The Hall–Kier alpha value is -1.92. The molecule has 27 heavy (non-hydrogen) atoms. The summed E-state index contributed by atoms with van der Waals surface area (Å²) >= 11 is 7.30. The molecule has 2 heterocycles. The number of hydrogen-bond acceptors (Lipinski definition) is 5. The highest BCUT2D eigenvalue weighted by atomic mass is 35.5. The van der Waals surface area contributed by atoms with Crippen molar-refractivity contribution in [1.82, 2.24) is 9.62 Å². The number of hydrogen-bond donors (Lipinski definition) is 1. The van der Waals surface area contributed by atoms with Crippen molar-refractivity contribution in [2.45, 2.75) is 24.3 Å². The average molecular weight is 424 g/mol. The van der Waals surface area contributed by atoms with E-state index in [2.05, 4.69) is 5.32 Å². The van der Waals surface area contributed by atoms with Gasteiger partial charge in [0, 0.05) is 23.9 Å². The molecule has 0 bridgehead atoms. The Kier molecular flexibility index (Phi) is 6.17. The van der Waals surface area contributed by atoms with Crippen molar-refractivity contribution in [2.75, 3.05) is 13.1 Å². The van der Waals surface area contributed by atoms with Gasteiger partial charge in [0.1, 0.15) is 0 Å². The van der Waals surface area contributed by atoms with Crippen LogP contribution in [0, 0.1) is 17.2 Å². The van der Waals surface area contributed by atoms with E-state index in [9.17, 15) is 13.2 Å². The lowest BCUT2D eigenvalue weighted by Gasteiger charge is -2.30. The van der Waals surface area contributed by atoms with Crippen LogP contribution in [0.2, 0.25) is 4.34 Å². The summed E-state index contributed by atoms with van der Waals surface area (Å²) in [4.78, 5) is 13.5. The van der Waals surface area contributed by atoms with E-state index in [0.717, 1.165) is 4.88 Å². The maximum atomic E-state index is 12.7. The van der Waals surface area contributed by atoms with E-state index >= 15 is 0 Å². The predicted octanol–water partition coefficient (Wildman–Crippen LogP) is 2.99. The number of nitriles is 1. The van der Waals surface area contributed by atoms with Crippen LogP contribution in [0.25, 0.3) is 0 Å². The van der Waals surface area contributed by atoms with Crippen molar-refractivity contribution in [3.05, 3.63) is 51.2 Å². The van der Waals surface area contributed by atoms with Crippen molar-refractivity contribution in [3.63, 3.8) is 0 Å². The van der Waals surface area contributed by atoms with Gasteiger partial charge in [0.05, 0.1) is 27.4 Å². The summed E-state index contributed by atoms with van der Waals surface area (Å²) in [6, 6.07) is 11.5. The van der Waals surface area contributed by atoms with Crippen LogP contribution in [0.5, 0.6) is 0 Å². The highest BCUT2D eigenvalue weighted by molar-refractivity contribution is 7.89. The zero-order valence-electron chi connectivity index (χ0n) is 14.4. The monoisotopic (exact) mass is 423 g/mol. The topological polar surface area (TPSA) is 90.3 Å². The first-order chi connectivity index (χ1) is 12.9. The number of nitrogens with zero attached hydrogens (tertiary/aromatic N) is 2. The van der Waals surface area contributed by atoms with E-state index in [-0.39, 0.29) is 16.7 Å². The number of piperidine rings is 1. The third-order valence-electron chi connectivity index (χ3n) is 4.51. The lowest BCUT2D eigenvalue weighted by Crippen LogP contribution is -2.42. The smallest absolute Gasteiger partial charge is 0.243 e. The van der Waals surface area contributed by atoms with Crippen molar-refractivity contribution < 1.29 is 13.2 Å². The van der Waals surface area contributed by atoms with Gasteiger partial charge in [0.2, 0.25) is 15.9 Å². The van der Waals surface area contributed by atoms with Crippen LogP contribution in [0.4, 0.5) is 0 Å². The number of sulfonamides is 1. The Morgan fingerprint density at radius 3 is 2.44 bits per heavy atom. The summed E-state index contributed by atoms with van der Waals surface area (Å²) in [7, 11) is -3.61. The fraction of sp³-hybridized carbons (Fsp3) is 0.333. The number of thiophene rings is 1. The fourth-order valence-electron chi connectivity index (χ4n) is 2.97. The fourth-order valence-corrected chi connectivity index (χ4v) is 5.47. The molecule has 1 aromatic carbocycles. The molecule has 0 aliphatic carbocycles. The van der Waals surface area contributed by atoms with Crippen LogP contribution in [-0.2, 0) is 21.4 Å². The Bertz CT molecular complexity index is 956. The van der Waals surface area contributed by atoms with Crippen LogP contribution < -0.4 is 5.32 Å². The number of nitrogens with one attached hydrogen (secondary N) is 1. The van der Waals surface area contributed by atoms with Crippen molar-refractivity contribution in [1.29, 1.82) is 5.26 Å². The maximum absolute atomic E-state index is 12.7. The number of halogens is 1. The molecule has 9 heteroatoms. The van der Waals surface area contributed by atoms with Crippen LogP contribution in [0.3, 0.4) is 0 Å². The molecule has 1 amide bonds. The Balaban J connectivity index is 1.55. The molecule has 6 nitrogen and oxygen atoms in total. The van der Waals surface area contributed by atoms with Crippen LogP contribution in [-0.4, -0.2) is 31.7 Å². The van der Waals surface area contributed by atoms with Crippen molar-refractivity contribution in [3.8, 4) is 6.07 Å². The second-order valence-corrected chi connectivity index (χ2v) is 9.98. The lowest BCUT2D eigenvalue weighted by atomic mass is 9.97. The summed E-state index contributed by atoms with van der Waals surface area (Å²) in [5, 5.41) is 11.7. The molecule has 0 saturated carbocycles. The van der Waals surface area contributed by atoms with Gasteiger partial charge in [-0.3, -0.25) is 4.79 Å². The molecule has 3 rings (SSSR count). The van der Waals surface area contributed by atoms with E-state index in [1.165, 1.54) is 39.9 Å². The van der Waals surface area contributed by atoms with Gasteiger partial charge in [-0.25, -0.2) is 8.42 Å². The van der Waals surface area contributed by atoms with Gasteiger partial charge in [-0.1, -0.05) is 11.6 Å². The molecule has 1 aliphatic heterocycles. The highest BCUT2D eigenvalue weighted by Crippen LogP contribution is 2.25. The van der Waals surface area contributed by atoms with Gasteiger partial charge in [0.15, 0.2) is 0 Å². The van der Waals surface area contributed by atoms with Crippen LogP contribution in [0.1, 0.15) is 23.3 Å². The van der Waals surface area contributed by atoms with Gasteiger partial charge in [-0.2, -0.15) is 9.57 Å². The molecule has 1 N–H and O–H groups in total. The molecule has 1 aromatic heterocycles. The van der Waals surface area contributed by atoms with Crippen molar-refractivity contribution >= 4 is 38.9 Å². The first-order valence-electron chi connectivity index (χ1n) is 8.42. The van der Waals surface area contributed by atoms with E-state index in [1.807, 2.05) is 12.1 Å². The number of carbonyl (C=O) groups is 1. The standard InChI is InChI=1S/C18H18ClN3O3S2/c19-17-6-3-15(26-17)12-21-18(23)14-7-9-22(10-8-14)27(24,25)16-4-1-13(11-20)2-5-16/h1-6,14H,7-10,12H2,(H,21,23). The molecule has 0 radical (unpaired) electrons. The minimum Gasteiger partial charge on any atom is -0.351 e. The zero-order chi connectivity index (χ0) is 19.4. The normalized spacial score (nSPS) is 16.0. The van der Waals surface area contributed by atoms with Gasteiger partial charge < -0.3 is 5.32 Å². The molecule has 1 saturated heterocycles. The second-order valence-electron chi connectivity index (χ2n) is 6.24. The molecular weight excluding hydrogens is 406 g/mol. The summed E-state index contributed by atoms with van der Waals surface area (Å²) in [6.07, 6.45) is 0.957. The number of rotatable bonds is 5. The first kappa shape index (κ1) is 19.8. The third kappa shape index (κ3) is 4.68. The summed E-state index contributed by atoms with van der Waals surface area (Å²) in [5.74, 6) is -0.261. The molecule has 2 aromatic rings. The SMILES string of the molecule is N#Cc1ccc(S(=O)(=O)N2CCC(C(=O)NCc3ccc(Cl)s3)CC2)cc1. The minimum absolute atomic E-state index is 0.0602. The Morgan fingerprint density at radius 1 is 1.22 bits per heavy atom. The Morgan fingerprint density at radius 2 is 1.89 bits per heavy atom. The molecule has 0 spiro atoms. The third-order valence-corrected chi connectivity index (χ3v) is 7.66. The first-order valence-corrected chi connectivity index (χ1v) is 11.1. The van der Waals surface area contributed by atoms with Gasteiger partial charge in [-0.05, 0) is 49.2 Å². The quantitative estimate of drug-likeness (QED) is 0.800. The van der Waals surface area contributed by atoms with E-state index in [0.29, 0.717) is 42.4 Å². The molecule has 0 unspecified atom stereocenters. The lowest BCUT2D eigenvalue weighted by molar-refractivity contribution is -0.126. The number of benzene rings is 1. The van der Waals surface area contributed by atoms with Crippen LogP contribution >= 0.6 is 22.9 Å². The van der Waals surface area contributed by atoms with E-state index < -0.39 is 10.0 Å². The van der Waals surface area contributed by atoms with E-state index in [4.69, 9.17) is 16.9 Å². The molecule has 142 valence electrons. The molecular formula is C18H18ClN3O3S2. The second kappa shape index (κ2) is 8.40. The van der Waals surface area contributed by atoms with Gasteiger partial charge in [0.25, 0.3) is 0 Å². The van der Waals surface area contributed by atoms with Crippen LogP contribution in [0.15, 0.2) is 41.3 Å². The average Bonchev–Trinajstić information content (AvgIpc) is 3.11. The zero-order valence-corrected chi connectivity index (χ0v) is 16.8. The largest absolute Gasteiger partial charge is 0.351 e. The van der Waals surface area contributed by atoms with Crippen molar-refractivity contribution in [2.24, 2.45) is 5.92 Å².